The molecule has 0 aliphatic rings. The molecule has 26 heavy (non-hydrogen) atoms. The van der Waals surface area contributed by atoms with Gasteiger partial charge >= 0.3 is 0 Å². The van der Waals surface area contributed by atoms with Gasteiger partial charge in [0, 0.05) is 19.8 Å². The van der Waals surface area contributed by atoms with Crippen molar-refractivity contribution in [3.63, 3.8) is 0 Å². The van der Waals surface area contributed by atoms with Gasteiger partial charge in [0.1, 0.15) is 5.76 Å². The van der Waals surface area contributed by atoms with Crippen LogP contribution < -0.4 is 10.6 Å². The summed E-state index contributed by atoms with van der Waals surface area (Å²) in [6, 6.07) is 16.4. The first-order chi connectivity index (χ1) is 12.4. The minimum atomic E-state index is -0.411. The third kappa shape index (κ3) is 4.63. The fourth-order valence-electron chi connectivity index (χ4n) is 2.31. The Balaban J connectivity index is 1.66. The van der Waals surface area contributed by atoms with Gasteiger partial charge in [-0.05, 0) is 102 Å². The molecule has 0 saturated heterocycles. The van der Waals surface area contributed by atoms with Crippen LogP contribution in [-0.2, 0) is 0 Å². The van der Waals surface area contributed by atoms with Crippen molar-refractivity contribution in [1.29, 1.82) is 0 Å². The van der Waals surface area contributed by atoms with Crippen molar-refractivity contribution in [3.8, 4) is 11.3 Å². The zero-order chi connectivity index (χ0) is 18.7. The SMILES string of the molecule is Cc1cc(I)ccc1NC(=S)NC(=O)c1ccc(-c2ccc(Cl)cc2)o1. The molecule has 1 aromatic heterocycles. The molecule has 0 saturated carbocycles. The van der Waals surface area contributed by atoms with E-state index in [0.717, 1.165) is 20.4 Å². The van der Waals surface area contributed by atoms with Gasteiger partial charge in [-0.2, -0.15) is 0 Å². The van der Waals surface area contributed by atoms with Gasteiger partial charge in [0.15, 0.2) is 10.9 Å². The molecule has 3 rings (SSSR count). The van der Waals surface area contributed by atoms with Crippen molar-refractivity contribution in [2.75, 3.05) is 5.32 Å². The van der Waals surface area contributed by atoms with Crippen LogP contribution in [0.25, 0.3) is 11.3 Å². The highest BCUT2D eigenvalue weighted by Gasteiger charge is 2.14. The number of hydrogen-bond acceptors (Lipinski definition) is 3. The Bertz CT molecular complexity index is 970. The predicted molar refractivity (Wildman–Crippen MR) is 117 cm³/mol. The van der Waals surface area contributed by atoms with E-state index in [1.165, 1.54) is 0 Å². The predicted octanol–water partition coefficient (Wildman–Crippen LogP) is 5.64. The van der Waals surface area contributed by atoms with Gasteiger partial charge in [-0.1, -0.05) is 11.6 Å². The van der Waals surface area contributed by atoms with Crippen molar-refractivity contribution in [2.45, 2.75) is 6.92 Å². The van der Waals surface area contributed by atoms with Crippen molar-refractivity contribution >= 4 is 63.1 Å². The number of thiocarbonyl (C=S) groups is 1. The standard InChI is InChI=1S/C19H14ClIN2O2S/c1-11-10-14(21)6-7-15(11)22-19(26)23-18(24)17-9-8-16(25-17)12-2-4-13(20)5-3-12/h2-10H,1H3,(H2,22,23,24,26). The lowest BCUT2D eigenvalue weighted by atomic mass is 10.2. The highest BCUT2D eigenvalue weighted by atomic mass is 127. The van der Waals surface area contributed by atoms with E-state index in [-0.39, 0.29) is 10.9 Å². The van der Waals surface area contributed by atoms with E-state index in [0.29, 0.717) is 10.8 Å². The number of rotatable bonds is 3. The fourth-order valence-corrected chi connectivity index (χ4v) is 3.29. The van der Waals surface area contributed by atoms with Crippen LogP contribution in [0.15, 0.2) is 59.0 Å². The Morgan fingerprint density at radius 1 is 1.12 bits per heavy atom. The molecule has 0 atom stereocenters. The average molecular weight is 497 g/mol. The first kappa shape index (κ1) is 18.9. The molecule has 4 nitrogen and oxygen atoms in total. The number of benzene rings is 2. The lowest BCUT2D eigenvalue weighted by Crippen LogP contribution is -2.34. The van der Waals surface area contributed by atoms with Gasteiger partial charge in [-0.25, -0.2) is 0 Å². The Labute approximate surface area is 175 Å². The fraction of sp³-hybridized carbons (Fsp3) is 0.0526. The van der Waals surface area contributed by atoms with Gasteiger partial charge < -0.3 is 9.73 Å². The minimum Gasteiger partial charge on any atom is -0.451 e. The highest BCUT2D eigenvalue weighted by Crippen LogP contribution is 2.24. The summed E-state index contributed by atoms with van der Waals surface area (Å²) in [5.41, 5.74) is 2.72. The van der Waals surface area contributed by atoms with E-state index in [9.17, 15) is 4.79 Å². The van der Waals surface area contributed by atoms with Crippen LogP contribution in [0.4, 0.5) is 5.69 Å². The quantitative estimate of drug-likeness (QED) is 0.364. The summed E-state index contributed by atoms with van der Waals surface area (Å²) in [4.78, 5) is 12.3. The first-order valence-corrected chi connectivity index (χ1v) is 9.53. The molecule has 3 aromatic rings. The van der Waals surface area contributed by atoms with Gasteiger partial charge in [0.2, 0.25) is 0 Å². The maximum atomic E-state index is 12.3. The molecule has 1 amide bonds. The molecule has 7 heteroatoms. The maximum Gasteiger partial charge on any atom is 0.293 e. The van der Waals surface area contributed by atoms with Crippen LogP contribution >= 0.6 is 46.4 Å². The van der Waals surface area contributed by atoms with E-state index < -0.39 is 5.91 Å². The Morgan fingerprint density at radius 2 is 1.85 bits per heavy atom. The molecule has 0 radical (unpaired) electrons. The summed E-state index contributed by atoms with van der Waals surface area (Å²) >= 11 is 13.3. The van der Waals surface area contributed by atoms with Crippen molar-refractivity contribution < 1.29 is 9.21 Å². The molecule has 0 unspecified atom stereocenters. The summed E-state index contributed by atoms with van der Waals surface area (Å²) in [5.74, 6) is 0.350. The van der Waals surface area contributed by atoms with E-state index in [4.69, 9.17) is 28.2 Å². The maximum absolute atomic E-state index is 12.3. The van der Waals surface area contributed by atoms with Crippen LogP contribution in [0.5, 0.6) is 0 Å². The Kier molecular flexibility index (Phi) is 5.95. The largest absolute Gasteiger partial charge is 0.451 e. The molecule has 2 aromatic carbocycles. The smallest absolute Gasteiger partial charge is 0.293 e. The molecule has 0 bridgehead atoms. The second-order valence-corrected chi connectivity index (χ2v) is 7.63. The molecule has 2 N–H and O–H groups in total. The lowest BCUT2D eigenvalue weighted by Gasteiger charge is -2.11. The van der Waals surface area contributed by atoms with E-state index in [1.54, 1.807) is 24.3 Å². The molecule has 0 fully saturated rings. The summed E-state index contributed by atoms with van der Waals surface area (Å²) in [5, 5.41) is 6.50. The molecular formula is C19H14ClIN2O2S. The van der Waals surface area contributed by atoms with Crippen molar-refractivity contribution in [2.24, 2.45) is 0 Å². The van der Waals surface area contributed by atoms with Gasteiger partial charge in [-0.15, -0.1) is 0 Å². The first-order valence-electron chi connectivity index (χ1n) is 7.66. The monoisotopic (exact) mass is 496 g/mol. The van der Waals surface area contributed by atoms with Gasteiger partial charge in [0.05, 0.1) is 0 Å². The zero-order valence-electron chi connectivity index (χ0n) is 13.7. The molecule has 0 spiro atoms. The number of carbonyl (C=O) groups is 1. The average Bonchev–Trinajstić information content (AvgIpc) is 3.08. The summed E-state index contributed by atoms with van der Waals surface area (Å²) in [6.07, 6.45) is 0. The summed E-state index contributed by atoms with van der Waals surface area (Å²) in [7, 11) is 0. The normalized spacial score (nSPS) is 10.4. The number of nitrogens with one attached hydrogen (secondary N) is 2. The Hall–Kier alpha value is -1.90. The molecule has 1 heterocycles. The van der Waals surface area contributed by atoms with E-state index >= 15 is 0 Å². The number of furan rings is 1. The van der Waals surface area contributed by atoms with Crippen LogP contribution in [0.2, 0.25) is 5.02 Å². The summed E-state index contributed by atoms with van der Waals surface area (Å²) < 4.78 is 6.75. The molecule has 0 aliphatic carbocycles. The van der Waals surface area contributed by atoms with Crippen LogP contribution in [0.3, 0.4) is 0 Å². The molecular weight excluding hydrogens is 483 g/mol. The lowest BCUT2D eigenvalue weighted by molar-refractivity contribution is 0.0951. The number of hydrogen-bond donors (Lipinski definition) is 2. The second kappa shape index (κ2) is 8.20. The zero-order valence-corrected chi connectivity index (χ0v) is 17.4. The topological polar surface area (TPSA) is 54.3 Å². The molecule has 132 valence electrons. The van der Waals surface area contributed by atoms with E-state index in [2.05, 4.69) is 33.2 Å². The number of carbonyl (C=O) groups excluding carboxylic acids is 1. The van der Waals surface area contributed by atoms with Crippen LogP contribution in [0, 0.1) is 10.5 Å². The van der Waals surface area contributed by atoms with Crippen molar-refractivity contribution in [3.05, 3.63) is 74.5 Å². The highest BCUT2D eigenvalue weighted by molar-refractivity contribution is 14.1. The minimum absolute atomic E-state index is 0.179. The van der Waals surface area contributed by atoms with Crippen LogP contribution in [0.1, 0.15) is 16.1 Å². The Morgan fingerprint density at radius 3 is 2.54 bits per heavy atom. The third-order valence-electron chi connectivity index (χ3n) is 3.62. The number of anilines is 1. The van der Waals surface area contributed by atoms with Crippen molar-refractivity contribution in [1.82, 2.24) is 5.32 Å². The van der Waals surface area contributed by atoms with Crippen LogP contribution in [-0.4, -0.2) is 11.0 Å². The number of amides is 1. The molecule has 0 aliphatic heterocycles. The summed E-state index contributed by atoms with van der Waals surface area (Å²) in [6.45, 7) is 1.97. The second-order valence-electron chi connectivity index (χ2n) is 5.54. The number of aryl methyl sites for hydroxylation is 1. The number of halogens is 2. The van der Waals surface area contributed by atoms with Gasteiger partial charge in [-0.3, -0.25) is 10.1 Å². The van der Waals surface area contributed by atoms with Gasteiger partial charge in [0.25, 0.3) is 5.91 Å². The van der Waals surface area contributed by atoms with E-state index in [1.807, 2.05) is 37.3 Å². The third-order valence-corrected chi connectivity index (χ3v) is 4.75.